The van der Waals surface area contributed by atoms with Crippen LogP contribution in [0.25, 0.3) is 0 Å². The van der Waals surface area contributed by atoms with Crippen molar-refractivity contribution in [2.45, 2.75) is 57.3 Å². The number of sulfonamides is 1. The number of benzene rings is 1. The van der Waals surface area contributed by atoms with E-state index in [1.807, 2.05) is 6.07 Å². The van der Waals surface area contributed by atoms with E-state index >= 15 is 0 Å². The number of methoxy groups -OCH3 is 1. The molecular weight excluding hydrogens is 452 g/mol. The quantitative estimate of drug-likeness (QED) is 0.255. The van der Waals surface area contributed by atoms with Gasteiger partial charge in [-0.05, 0) is 36.4 Å². The molecule has 0 atom stereocenters. The minimum Gasteiger partial charge on any atom is -0.491 e. The molecule has 0 bridgehead atoms. The van der Waals surface area contributed by atoms with E-state index in [-0.39, 0.29) is 9.96 Å². The van der Waals surface area contributed by atoms with E-state index in [0.29, 0.717) is 18.0 Å². The van der Waals surface area contributed by atoms with Gasteiger partial charge in [-0.2, -0.15) is 0 Å². The van der Waals surface area contributed by atoms with Crippen LogP contribution < -0.4 is 19.5 Å². The largest absolute Gasteiger partial charge is 0.514 e. The summed E-state index contributed by atoms with van der Waals surface area (Å²) in [6, 6.07) is 6.65. The Morgan fingerprint density at radius 3 is 2.56 bits per heavy atom. The summed E-state index contributed by atoms with van der Waals surface area (Å²) < 4.78 is 43.8. The van der Waals surface area contributed by atoms with Gasteiger partial charge in [0.2, 0.25) is 5.06 Å². The number of carbonyl (C=O) groups excluding carboxylic acids is 1. The van der Waals surface area contributed by atoms with Crippen LogP contribution in [0.2, 0.25) is 0 Å². The van der Waals surface area contributed by atoms with Gasteiger partial charge in [-0.25, -0.2) is 13.2 Å². The lowest BCUT2D eigenvalue weighted by Gasteiger charge is -2.16. The third-order valence-corrected chi connectivity index (χ3v) is 6.88. The van der Waals surface area contributed by atoms with Gasteiger partial charge in [0.1, 0.15) is 10.6 Å². The van der Waals surface area contributed by atoms with Crippen LogP contribution in [0.3, 0.4) is 0 Å². The number of carbonyl (C=O) groups is 1. The van der Waals surface area contributed by atoms with Crippen LogP contribution in [0.5, 0.6) is 10.8 Å². The van der Waals surface area contributed by atoms with Gasteiger partial charge >= 0.3 is 6.16 Å². The molecule has 0 fully saturated rings. The number of hydrogen-bond donors (Lipinski definition) is 2. The highest BCUT2D eigenvalue weighted by Gasteiger charge is 2.24. The van der Waals surface area contributed by atoms with Crippen LogP contribution >= 0.6 is 11.3 Å². The van der Waals surface area contributed by atoms with E-state index in [1.165, 1.54) is 24.3 Å². The van der Waals surface area contributed by atoms with Crippen LogP contribution in [0.15, 0.2) is 34.5 Å². The molecule has 32 heavy (non-hydrogen) atoms. The van der Waals surface area contributed by atoms with Gasteiger partial charge < -0.3 is 19.5 Å². The SMILES string of the molecule is CCCCCCNc1ccc(NS(=O)(=O)c2ccsc2OC(=O)OC)c(OCCCC)c1. The van der Waals surface area contributed by atoms with Crippen molar-refractivity contribution in [1.29, 1.82) is 0 Å². The van der Waals surface area contributed by atoms with Crippen molar-refractivity contribution in [2.75, 3.05) is 30.3 Å². The smallest absolute Gasteiger partial charge is 0.491 e. The van der Waals surface area contributed by atoms with Gasteiger partial charge in [-0.1, -0.05) is 39.5 Å². The maximum Gasteiger partial charge on any atom is 0.514 e. The Labute approximate surface area is 194 Å². The Hall–Kier alpha value is -2.46. The van der Waals surface area contributed by atoms with Crippen LogP contribution in [-0.4, -0.2) is 34.8 Å². The molecule has 0 radical (unpaired) electrons. The Morgan fingerprint density at radius 1 is 1.06 bits per heavy atom. The van der Waals surface area contributed by atoms with Crippen molar-refractivity contribution in [3.63, 3.8) is 0 Å². The lowest BCUT2D eigenvalue weighted by Crippen LogP contribution is -2.16. The summed E-state index contributed by atoms with van der Waals surface area (Å²) in [4.78, 5) is 11.3. The zero-order chi connectivity index (χ0) is 23.4. The van der Waals surface area contributed by atoms with E-state index < -0.39 is 16.2 Å². The summed E-state index contributed by atoms with van der Waals surface area (Å²) in [5, 5.41) is 4.82. The summed E-state index contributed by atoms with van der Waals surface area (Å²) in [6.07, 6.45) is 5.44. The van der Waals surface area contributed by atoms with Crippen molar-refractivity contribution < 1.29 is 27.4 Å². The first-order valence-corrected chi connectivity index (χ1v) is 13.1. The van der Waals surface area contributed by atoms with Crippen molar-refractivity contribution in [3.8, 4) is 10.8 Å². The van der Waals surface area contributed by atoms with Gasteiger partial charge in [0, 0.05) is 18.3 Å². The summed E-state index contributed by atoms with van der Waals surface area (Å²) in [5.41, 5.74) is 1.18. The molecule has 2 rings (SSSR count). The molecule has 8 nitrogen and oxygen atoms in total. The molecule has 178 valence electrons. The minimum absolute atomic E-state index is 0.0665. The molecule has 0 unspecified atom stereocenters. The molecule has 1 aromatic heterocycles. The molecule has 0 spiro atoms. The maximum atomic E-state index is 13.0. The van der Waals surface area contributed by atoms with Gasteiger partial charge in [0.05, 0.1) is 19.4 Å². The second kappa shape index (κ2) is 13.2. The zero-order valence-electron chi connectivity index (χ0n) is 18.8. The lowest BCUT2D eigenvalue weighted by molar-refractivity contribution is 0.122. The molecule has 1 aromatic carbocycles. The molecule has 10 heteroatoms. The van der Waals surface area contributed by atoms with Crippen LogP contribution in [0.4, 0.5) is 16.2 Å². The van der Waals surface area contributed by atoms with E-state index in [0.717, 1.165) is 56.4 Å². The fourth-order valence-corrected chi connectivity index (χ4v) is 5.09. The number of rotatable bonds is 14. The Kier molecular flexibility index (Phi) is 10.6. The lowest BCUT2D eigenvalue weighted by atomic mass is 10.2. The highest BCUT2D eigenvalue weighted by Crippen LogP contribution is 2.35. The van der Waals surface area contributed by atoms with Gasteiger partial charge in [0.15, 0.2) is 0 Å². The summed E-state index contributed by atoms with van der Waals surface area (Å²) in [5.74, 6) is 0.436. The van der Waals surface area contributed by atoms with Gasteiger partial charge in [0.25, 0.3) is 10.0 Å². The summed E-state index contributed by atoms with van der Waals surface area (Å²) >= 11 is 0.985. The molecule has 2 N–H and O–H groups in total. The first-order chi connectivity index (χ1) is 15.4. The standard InChI is InChI=1S/C22H32N2O6S2/c1-4-6-8-9-13-23-17-10-11-18(19(16-17)29-14-7-5-2)24-32(26,27)20-12-15-31-21(20)30-22(25)28-3/h10-12,15-16,23-24H,4-9,13-14H2,1-3H3. The third kappa shape index (κ3) is 7.90. The molecule has 0 aliphatic heterocycles. The van der Waals surface area contributed by atoms with Crippen molar-refractivity contribution in [3.05, 3.63) is 29.6 Å². The fourth-order valence-electron chi connectivity index (χ4n) is 2.82. The fraction of sp³-hybridized carbons (Fsp3) is 0.500. The Bertz CT molecular complexity index is 959. The predicted octanol–water partition coefficient (Wildman–Crippen LogP) is 5.87. The molecule has 0 saturated carbocycles. The molecular formula is C22H32N2O6S2. The molecule has 0 aliphatic rings. The number of thiophene rings is 1. The second-order valence-corrected chi connectivity index (χ2v) is 9.66. The topological polar surface area (TPSA) is 103 Å². The number of nitrogens with one attached hydrogen (secondary N) is 2. The van der Waals surface area contributed by atoms with Crippen molar-refractivity contribution in [2.24, 2.45) is 0 Å². The average Bonchev–Trinajstić information content (AvgIpc) is 3.24. The first kappa shape index (κ1) is 25.8. The van der Waals surface area contributed by atoms with Gasteiger partial charge in [-0.15, -0.1) is 11.3 Å². The zero-order valence-corrected chi connectivity index (χ0v) is 20.4. The van der Waals surface area contributed by atoms with Crippen LogP contribution in [0.1, 0.15) is 52.4 Å². The average molecular weight is 485 g/mol. The minimum atomic E-state index is -4.02. The number of anilines is 2. The number of ether oxygens (including phenoxy) is 3. The first-order valence-electron chi connectivity index (χ1n) is 10.8. The molecule has 1 heterocycles. The van der Waals surface area contributed by atoms with E-state index in [9.17, 15) is 13.2 Å². The number of hydrogen-bond acceptors (Lipinski definition) is 8. The highest BCUT2D eigenvalue weighted by atomic mass is 32.2. The monoisotopic (exact) mass is 484 g/mol. The number of unbranched alkanes of at least 4 members (excludes halogenated alkanes) is 4. The summed E-state index contributed by atoms with van der Waals surface area (Å²) in [7, 11) is -2.87. The Morgan fingerprint density at radius 2 is 1.84 bits per heavy atom. The predicted molar refractivity (Wildman–Crippen MR) is 128 cm³/mol. The molecule has 2 aromatic rings. The molecule has 0 saturated heterocycles. The summed E-state index contributed by atoms with van der Waals surface area (Å²) in [6.45, 7) is 5.54. The van der Waals surface area contributed by atoms with Crippen molar-refractivity contribution >= 4 is 38.9 Å². The molecule has 0 aliphatic carbocycles. The Balaban J connectivity index is 2.19. The highest BCUT2D eigenvalue weighted by molar-refractivity contribution is 7.93. The maximum absolute atomic E-state index is 13.0. The molecule has 0 amide bonds. The van der Waals surface area contributed by atoms with Crippen LogP contribution in [0, 0.1) is 0 Å². The van der Waals surface area contributed by atoms with Gasteiger partial charge in [-0.3, -0.25) is 4.72 Å². The van der Waals surface area contributed by atoms with E-state index in [1.54, 1.807) is 12.1 Å². The van der Waals surface area contributed by atoms with Crippen LogP contribution in [-0.2, 0) is 14.8 Å². The second-order valence-electron chi connectivity index (χ2n) is 7.13. The van der Waals surface area contributed by atoms with Crippen molar-refractivity contribution in [1.82, 2.24) is 0 Å². The van der Waals surface area contributed by atoms with E-state index in [2.05, 4.69) is 28.6 Å². The third-order valence-electron chi connectivity index (χ3n) is 4.57. The van der Waals surface area contributed by atoms with E-state index in [4.69, 9.17) is 9.47 Å². The normalized spacial score (nSPS) is 11.1.